The largest absolute Gasteiger partial charge is 0.340 e. The van der Waals surface area contributed by atoms with Crippen molar-refractivity contribution in [1.82, 2.24) is 10.2 Å². The molecular formula is C14H18Cl2N2O. The van der Waals surface area contributed by atoms with E-state index in [1.54, 1.807) is 12.1 Å². The van der Waals surface area contributed by atoms with Crippen LogP contribution < -0.4 is 5.32 Å². The molecule has 1 N–H and O–H groups in total. The fourth-order valence-corrected chi connectivity index (χ4v) is 2.79. The number of carbonyl (C=O) groups is 1. The van der Waals surface area contributed by atoms with Crippen molar-refractivity contribution in [1.29, 1.82) is 0 Å². The van der Waals surface area contributed by atoms with Gasteiger partial charge in [0.15, 0.2) is 0 Å². The maximum atomic E-state index is 12.1. The minimum absolute atomic E-state index is 0.194. The molecule has 0 aromatic heterocycles. The first-order valence-corrected chi connectivity index (χ1v) is 7.27. The summed E-state index contributed by atoms with van der Waals surface area (Å²) in [5, 5.41) is 4.58. The van der Waals surface area contributed by atoms with Gasteiger partial charge in [-0.05, 0) is 31.0 Å². The first-order valence-electron chi connectivity index (χ1n) is 6.51. The summed E-state index contributed by atoms with van der Waals surface area (Å²) in [6.45, 7) is 4.54. The summed E-state index contributed by atoms with van der Waals surface area (Å²) in [5.74, 6) is 0.194. The van der Waals surface area contributed by atoms with E-state index in [1.165, 1.54) is 0 Å². The van der Waals surface area contributed by atoms with Crippen LogP contribution in [0.4, 0.5) is 0 Å². The van der Waals surface area contributed by atoms with Crippen molar-refractivity contribution in [2.75, 3.05) is 19.6 Å². The van der Waals surface area contributed by atoms with Crippen LogP contribution in [0, 0.1) is 0 Å². The molecule has 104 valence electrons. The highest BCUT2D eigenvalue weighted by Crippen LogP contribution is 2.22. The SMILES string of the molecule is CC1CN(C(=O)CCc2ccc(Cl)cc2Cl)CCN1. The molecule has 1 atom stereocenters. The molecule has 1 fully saturated rings. The lowest BCUT2D eigenvalue weighted by Gasteiger charge is -2.32. The van der Waals surface area contributed by atoms with E-state index in [4.69, 9.17) is 23.2 Å². The van der Waals surface area contributed by atoms with Crippen molar-refractivity contribution in [3.05, 3.63) is 33.8 Å². The normalized spacial score (nSPS) is 19.5. The fourth-order valence-electron chi connectivity index (χ4n) is 2.28. The molecule has 1 heterocycles. The van der Waals surface area contributed by atoms with Crippen molar-refractivity contribution in [2.24, 2.45) is 0 Å². The molecule has 5 heteroatoms. The third-order valence-electron chi connectivity index (χ3n) is 3.34. The fraction of sp³-hybridized carbons (Fsp3) is 0.500. The third-order valence-corrected chi connectivity index (χ3v) is 3.93. The van der Waals surface area contributed by atoms with Gasteiger partial charge in [-0.3, -0.25) is 4.79 Å². The zero-order valence-corrected chi connectivity index (χ0v) is 12.5. The molecule has 1 aliphatic heterocycles. The Balaban J connectivity index is 1.89. The van der Waals surface area contributed by atoms with E-state index < -0.39 is 0 Å². The van der Waals surface area contributed by atoms with Crippen molar-refractivity contribution < 1.29 is 4.79 Å². The van der Waals surface area contributed by atoms with Crippen molar-refractivity contribution in [3.8, 4) is 0 Å². The second-order valence-electron chi connectivity index (χ2n) is 4.93. The standard InChI is InChI=1S/C14H18Cl2N2O/c1-10-9-18(7-6-17-10)14(19)5-3-11-2-4-12(15)8-13(11)16/h2,4,8,10,17H,3,5-7,9H2,1H3. The van der Waals surface area contributed by atoms with Gasteiger partial charge >= 0.3 is 0 Å². The molecule has 3 nitrogen and oxygen atoms in total. The Morgan fingerprint density at radius 3 is 2.95 bits per heavy atom. The predicted molar refractivity (Wildman–Crippen MR) is 78.8 cm³/mol. The van der Waals surface area contributed by atoms with E-state index in [9.17, 15) is 4.79 Å². The highest BCUT2D eigenvalue weighted by atomic mass is 35.5. The van der Waals surface area contributed by atoms with Crippen LogP contribution in [-0.4, -0.2) is 36.5 Å². The Labute approximate surface area is 123 Å². The molecular weight excluding hydrogens is 283 g/mol. The van der Waals surface area contributed by atoms with E-state index in [1.807, 2.05) is 11.0 Å². The van der Waals surface area contributed by atoms with Gasteiger partial charge in [-0.2, -0.15) is 0 Å². The molecule has 1 aromatic rings. The molecule has 1 saturated heterocycles. The average molecular weight is 301 g/mol. The van der Waals surface area contributed by atoms with Crippen LogP contribution in [0.3, 0.4) is 0 Å². The van der Waals surface area contributed by atoms with E-state index in [0.717, 1.165) is 25.2 Å². The maximum absolute atomic E-state index is 12.1. The number of nitrogens with zero attached hydrogens (tertiary/aromatic N) is 1. The average Bonchev–Trinajstić information content (AvgIpc) is 2.37. The van der Waals surface area contributed by atoms with Crippen LogP contribution in [-0.2, 0) is 11.2 Å². The quantitative estimate of drug-likeness (QED) is 0.931. The van der Waals surface area contributed by atoms with E-state index in [0.29, 0.717) is 28.9 Å². The number of amides is 1. The molecule has 2 rings (SSSR count). The number of aryl methyl sites for hydroxylation is 1. The number of carbonyl (C=O) groups excluding carboxylic acids is 1. The van der Waals surface area contributed by atoms with Gasteiger partial charge in [-0.15, -0.1) is 0 Å². The molecule has 0 bridgehead atoms. The minimum Gasteiger partial charge on any atom is -0.340 e. The number of halogens is 2. The van der Waals surface area contributed by atoms with Crippen molar-refractivity contribution in [2.45, 2.75) is 25.8 Å². The molecule has 0 spiro atoms. The Hall–Kier alpha value is -0.770. The molecule has 1 aliphatic rings. The van der Waals surface area contributed by atoms with Crippen molar-refractivity contribution in [3.63, 3.8) is 0 Å². The monoisotopic (exact) mass is 300 g/mol. The van der Waals surface area contributed by atoms with Gasteiger partial charge in [-0.1, -0.05) is 29.3 Å². The van der Waals surface area contributed by atoms with Gasteiger partial charge in [0, 0.05) is 42.1 Å². The number of hydrogen-bond donors (Lipinski definition) is 1. The second kappa shape index (κ2) is 6.60. The molecule has 19 heavy (non-hydrogen) atoms. The number of piperazine rings is 1. The Morgan fingerprint density at radius 1 is 1.47 bits per heavy atom. The summed E-state index contributed by atoms with van der Waals surface area (Å²) in [5.41, 5.74) is 0.975. The molecule has 0 radical (unpaired) electrons. The number of hydrogen-bond acceptors (Lipinski definition) is 2. The number of nitrogens with one attached hydrogen (secondary N) is 1. The highest BCUT2D eigenvalue weighted by molar-refractivity contribution is 6.35. The highest BCUT2D eigenvalue weighted by Gasteiger charge is 2.20. The number of benzene rings is 1. The van der Waals surface area contributed by atoms with Gasteiger partial charge in [0.05, 0.1) is 0 Å². The van der Waals surface area contributed by atoms with Crippen molar-refractivity contribution >= 4 is 29.1 Å². The van der Waals surface area contributed by atoms with Crippen LogP contribution >= 0.6 is 23.2 Å². The maximum Gasteiger partial charge on any atom is 0.222 e. The lowest BCUT2D eigenvalue weighted by Crippen LogP contribution is -2.51. The van der Waals surface area contributed by atoms with Gasteiger partial charge < -0.3 is 10.2 Å². The Morgan fingerprint density at radius 2 is 2.26 bits per heavy atom. The van der Waals surface area contributed by atoms with Gasteiger partial charge in [-0.25, -0.2) is 0 Å². The Bertz CT molecular complexity index is 465. The Kier molecular flexibility index (Phi) is 5.08. The first kappa shape index (κ1) is 14.6. The summed E-state index contributed by atoms with van der Waals surface area (Å²) >= 11 is 12.0. The smallest absolute Gasteiger partial charge is 0.222 e. The summed E-state index contributed by atoms with van der Waals surface area (Å²) in [4.78, 5) is 14.0. The van der Waals surface area contributed by atoms with Gasteiger partial charge in [0.1, 0.15) is 0 Å². The molecule has 0 aliphatic carbocycles. The molecule has 1 aromatic carbocycles. The van der Waals surface area contributed by atoms with E-state index in [2.05, 4.69) is 12.2 Å². The molecule has 1 amide bonds. The van der Waals surface area contributed by atoms with Crippen LogP contribution in [0.25, 0.3) is 0 Å². The zero-order chi connectivity index (χ0) is 13.8. The lowest BCUT2D eigenvalue weighted by atomic mass is 10.1. The number of rotatable bonds is 3. The van der Waals surface area contributed by atoms with Gasteiger partial charge in [0.2, 0.25) is 5.91 Å². The summed E-state index contributed by atoms with van der Waals surface area (Å²) in [7, 11) is 0. The lowest BCUT2D eigenvalue weighted by molar-refractivity contribution is -0.132. The topological polar surface area (TPSA) is 32.3 Å². The predicted octanol–water partition coefficient (Wildman–Crippen LogP) is 2.75. The molecule has 1 unspecified atom stereocenters. The minimum atomic E-state index is 0.194. The summed E-state index contributed by atoms with van der Waals surface area (Å²) in [6, 6.07) is 5.78. The van der Waals surface area contributed by atoms with Crippen LogP contribution in [0.5, 0.6) is 0 Å². The van der Waals surface area contributed by atoms with Crippen LogP contribution in [0.1, 0.15) is 18.9 Å². The first-order chi connectivity index (χ1) is 9.06. The zero-order valence-electron chi connectivity index (χ0n) is 11.0. The van der Waals surface area contributed by atoms with E-state index >= 15 is 0 Å². The molecule has 0 saturated carbocycles. The van der Waals surface area contributed by atoms with Crippen LogP contribution in [0.2, 0.25) is 10.0 Å². The van der Waals surface area contributed by atoms with Gasteiger partial charge in [0.25, 0.3) is 0 Å². The summed E-state index contributed by atoms with van der Waals surface area (Å²) in [6.07, 6.45) is 1.15. The summed E-state index contributed by atoms with van der Waals surface area (Å²) < 4.78 is 0. The van der Waals surface area contributed by atoms with E-state index in [-0.39, 0.29) is 5.91 Å². The second-order valence-corrected chi connectivity index (χ2v) is 5.77. The third kappa shape index (κ3) is 4.10. The van der Waals surface area contributed by atoms with Crippen LogP contribution in [0.15, 0.2) is 18.2 Å².